The van der Waals surface area contributed by atoms with Gasteiger partial charge in [-0.05, 0) is 30.9 Å². The summed E-state index contributed by atoms with van der Waals surface area (Å²) in [6.45, 7) is 2.17. The summed E-state index contributed by atoms with van der Waals surface area (Å²) in [5.41, 5.74) is 0.439. The van der Waals surface area contributed by atoms with Crippen LogP contribution in [0.5, 0.6) is 5.75 Å². The van der Waals surface area contributed by atoms with Gasteiger partial charge in [0.25, 0.3) is 5.91 Å². The maximum Gasteiger partial charge on any atom is 0.260 e. The molecule has 1 fully saturated rings. The van der Waals surface area contributed by atoms with Gasteiger partial charge in [-0.25, -0.2) is 0 Å². The Labute approximate surface area is 125 Å². The van der Waals surface area contributed by atoms with Crippen LogP contribution in [0.3, 0.4) is 0 Å². The number of ether oxygens (including phenoxy) is 2. The number of para-hydroxylation sites is 1. The van der Waals surface area contributed by atoms with Gasteiger partial charge in [-0.15, -0.1) is 0 Å². The molecule has 1 aliphatic heterocycles. The van der Waals surface area contributed by atoms with E-state index in [0.717, 1.165) is 26.1 Å². The van der Waals surface area contributed by atoms with Gasteiger partial charge in [-0.1, -0.05) is 12.1 Å². The molecule has 2 rings (SSSR count). The highest BCUT2D eigenvalue weighted by atomic mass is 16.5. The molecule has 1 saturated heterocycles. The molecule has 1 amide bonds. The molecule has 0 spiro atoms. The summed E-state index contributed by atoms with van der Waals surface area (Å²) in [6.07, 6.45) is 2.15. The molecule has 0 saturated carbocycles. The minimum Gasteiger partial charge on any atom is -0.482 e. The fraction of sp³-hybridized carbons (Fsp3) is 0.500. The fourth-order valence-corrected chi connectivity index (χ4v) is 2.38. The minimum atomic E-state index is -0.0895. The molecule has 1 unspecified atom stereocenters. The number of nitriles is 1. The minimum absolute atomic E-state index is 0.0528. The van der Waals surface area contributed by atoms with Crippen LogP contribution in [0.15, 0.2) is 24.3 Å². The normalized spacial score (nSPS) is 17.8. The molecule has 5 heteroatoms. The predicted octanol–water partition coefficient (Wildman–Crippen LogP) is 1.82. The second-order valence-corrected chi connectivity index (χ2v) is 5.25. The zero-order valence-corrected chi connectivity index (χ0v) is 12.2. The monoisotopic (exact) mass is 288 g/mol. The second-order valence-electron chi connectivity index (χ2n) is 5.25. The van der Waals surface area contributed by atoms with E-state index >= 15 is 0 Å². The van der Waals surface area contributed by atoms with E-state index < -0.39 is 0 Å². The number of carbonyl (C=O) groups excluding carboxylic acids is 1. The SMILES string of the molecule is CN(CC1CCCOC1)C(=O)COc1ccccc1C#N. The summed E-state index contributed by atoms with van der Waals surface area (Å²) in [4.78, 5) is 13.7. The number of amides is 1. The molecule has 0 bridgehead atoms. The highest BCUT2D eigenvalue weighted by Crippen LogP contribution is 2.17. The summed E-state index contributed by atoms with van der Waals surface area (Å²) < 4.78 is 10.9. The first-order valence-corrected chi connectivity index (χ1v) is 7.14. The summed E-state index contributed by atoms with van der Waals surface area (Å²) in [6, 6.07) is 8.96. The van der Waals surface area contributed by atoms with E-state index in [1.165, 1.54) is 0 Å². The van der Waals surface area contributed by atoms with Crippen LogP contribution in [-0.4, -0.2) is 44.2 Å². The van der Waals surface area contributed by atoms with Gasteiger partial charge in [0, 0.05) is 20.2 Å². The third-order valence-electron chi connectivity index (χ3n) is 3.57. The van der Waals surface area contributed by atoms with Crippen LogP contribution < -0.4 is 4.74 Å². The summed E-state index contributed by atoms with van der Waals surface area (Å²) in [5.74, 6) is 0.759. The van der Waals surface area contributed by atoms with E-state index in [4.69, 9.17) is 14.7 Å². The van der Waals surface area contributed by atoms with E-state index in [0.29, 0.717) is 23.8 Å². The predicted molar refractivity (Wildman–Crippen MR) is 77.8 cm³/mol. The van der Waals surface area contributed by atoms with Crippen LogP contribution >= 0.6 is 0 Å². The molecule has 1 aliphatic rings. The van der Waals surface area contributed by atoms with E-state index in [2.05, 4.69) is 0 Å². The van der Waals surface area contributed by atoms with Crippen LogP contribution in [0.4, 0.5) is 0 Å². The third-order valence-corrected chi connectivity index (χ3v) is 3.57. The Bertz CT molecular complexity index is 518. The molecular weight excluding hydrogens is 268 g/mol. The van der Waals surface area contributed by atoms with E-state index in [9.17, 15) is 4.79 Å². The van der Waals surface area contributed by atoms with Crippen molar-refractivity contribution in [1.82, 2.24) is 4.90 Å². The molecule has 0 N–H and O–H groups in total. The molecule has 1 aromatic rings. The smallest absolute Gasteiger partial charge is 0.260 e. The molecule has 5 nitrogen and oxygen atoms in total. The number of likely N-dealkylation sites (N-methyl/N-ethyl adjacent to an activating group) is 1. The Balaban J connectivity index is 1.82. The fourth-order valence-electron chi connectivity index (χ4n) is 2.38. The molecule has 0 aromatic heterocycles. The largest absolute Gasteiger partial charge is 0.482 e. The molecule has 1 atom stereocenters. The van der Waals surface area contributed by atoms with Crippen LogP contribution in [-0.2, 0) is 9.53 Å². The Kier molecular flexibility index (Phi) is 5.59. The Morgan fingerprint density at radius 3 is 3.05 bits per heavy atom. The second kappa shape index (κ2) is 7.65. The first-order valence-electron chi connectivity index (χ1n) is 7.14. The number of hydrogen-bond acceptors (Lipinski definition) is 4. The summed E-state index contributed by atoms with van der Waals surface area (Å²) >= 11 is 0. The average molecular weight is 288 g/mol. The molecule has 112 valence electrons. The first kappa shape index (κ1) is 15.3. The van der Waals surface area contributed by atoms with Gasteiger partial charge in [0.1, 0.15) is 11.8 Å². The first-order chi connectivity index (χ1) is 10.2. The van der Waals surface area contributed by atoms with E-state index in [-0.39, 0.29) is 12.5 Å². The van der Waals surface area contributed by atoms with Gasteiger partial charge in [-0.3, -0.25) is 4.79 Å². The lowest BCUT2D eigenvalue weighted by Gasteiger charge is -2.27. The van der Waals surface area contributed by atoms with Crippen LogP contribution in [0, 0.1) is 17.2 Å². The van der Waals surface area contributed by atoms with E-state index in [1.807, 2.05) is 6.07 Å². The summed E-state index contributed by atoms with van der Waals surface area (Å²) in [5, 5.41) is 8.97. The van der Waals surface area contributed by atoms with Gasteiger partial charge in [-0.2, -0.15) is 5.26 Å². The molecule has 0 radical (unpaired) electrons. The Hall–Kier alpha value is -2.06. The van der Waals surface area contributed by atoms with Crippen molar-refractivity contribution in [3.63, 3.8) is 0 Å². The number of benzene rings is 1. The zero-order chi connectivity index (χ0) is 15.1. The van der Waals surface area contributed by atoms with Gasteiger partial charge in [0.2, 0.25) is 0 Å². The number of hydrogen-bond donors (Lipinski definition) is 0. The van der Waals surface area contributed by atoms with Crippen LogP contribution in [0.2, 0.25) is 0 Å². The van der Waals surface area contributed by atoms with Gasteiger partial charge >= 0.3 is 0 Å². The number of nitrogens with zero attached hydrogens (tertiary/aromatic N) is 2. The lowest BCUT2D eigenvalue weighted by molar-refractivity contribution is -0.133. The number of rotatable bonds is 5. The van der Waals surface area contributed by atoms with Crippen molar-refractivity contribution in [1.29, 1.82) is 5.26 Å². The zero-order valence-electron chi connectivity index (χ0n) is 12.2. The Morgan fingerprint density at radius 1 is 1.52 bits per heavy atom. The molecule has 21 heavy (non-hydrogen) atoms. The Morgan fingerprint density at radius 2 is 2.33 bits per heavy atom. The van der Waals surface area contributed by atoms with Gasteiger partial charge in [0.05, 0.1) is 12.2 Å². The quantitative estimate of drug-likeness (QED) is 0.829. The molecule has 0 aliphatic carbocycles. The lowest BCUT2D eigenvalue weighted by Crippen LogP contribution is -2.37. The maximum atomic E-state index is 12.1. The van der Waals surface area contributed by atoms with Crippen molar-refractivity contribution in [2.75, 3.05) is 33.4 Å². The van der Waals surface area contributed by atoms with Gasteiger partial charge < -0.3 is 14.4 Å². The topological polar surface area (TPSA) is 62.6 Å². The molecule has 1 aromatic carbocycles. The average Bonchev–Trinajstić information content (AvgIpc) is 2.53. The van der Waals surface area contributed by atoms with Crippen molar-refractivity contribution in [3.8, 4) is 11.8 Å². The van der Waals surface area contributed by atoms with Crippen LogP contribution in [0.25, 0.3) is 0 Å². The van der Waals surface area contributed by atoms with Crippen molar-refractivity contribution in [3.05, 3.63) is 29.8 Å². The molecule has 1 heterocycles. The van der Waals surface area contributed by atoms with Crippen LogP contribution in [0.1, 0.15) is 18.4 Å². The highest BCUT2D eigenvalue weighted by Gasteiger charge is 2.19. The third kappa shape index (κ3) is 4.47. The maximum absolute atomic E-state index is 12.1. The van der Waals surface area contributed by atoms with E-state index in [1.54, 1.807) is 36.2 Å². The van der Waals surface area contributed by atoms with Gasteiger partial charge in [0.15, 0.2) is 6.61 Å². The lowest BCUT2D eigenvalue weighted by atomic mass is 10.0. The van der Waals surface area contributed by atoms with Crippen molar-refractivity contribution >= 4 is 5.91 Å². The van der Waals surface area contributed by atoms with Crippen molar-refractivity contribution < 1.29 is 14.3 Å². The standard InChI is InChI=1S/C16H20N2O3/c1-18(10-13-5-4-8-20-11-13)16(19)12-21-15-7-3-2-6-14(15)9-17/h2-3,6-7,13H,4-5,8,10-12H2,1H3. The number of carbonyl (C=O) groups is 1. The van der Waals surface area contributed by atoms with Crippen molar-refractivity contribution in [2.45, 2.75) is 12.8 Å². The molecular formula is C16H20N2O3. The summed E-state index contributed by atoms with van der Waals surface area (Å²) in [7, 11) is 1.77. The highest BCUT2D eigenvalue weighted by molar-refractivity contribution is 5.77. The van der Waals surface area contributed by atoms with Crippen molar-refractivity contribution in [2.24, 2.45) is 5.92 Å².